The molecule has 0 aliphatic carbocycles. The number of fused-ring (bicyclic) bond motifs is 1. The number of hydrogen-bond acceptors (Lipinski definition) is 5. The summed E-state index contributed by atoms with van der Waals surface area (Å²) in [5.41, 5.74) is 3.88. The molecule has 1 aliphatic heterocycles. The molecule has 2 aromatic rings. The summed E-state index contributed by atoms with van der Waals surface area (Å²) in [6, 6.07) is 18.1. The maximum atomic E-state index is 11.1. The molecule has 112 valence electrons. The van der Waals surface area contributed by atoms with Crippen molar-refractivity contribution in [3.05, 3.63) is 60.2 Å². The molecule has 0 radical (unpaired) electrons. The number of nitrogens with zero attached hydrogens (tertiary/aromatic N) is 2. The van der Waals surface area contributed by atoms with Gasteiger partial charge in [-0.2, -0.15) is 0 Å². The van der Waals surface area contributed by atoms with Gasteiger partial charge < -0.3 is 9.64 Å². The summed E-state index contributed by atoms with van der Waals surface area (Å²) in [5, 5.41) is 3.94. The summed E-state index contributed by atoms with van der Waals surface area (Å²) in [7, 11) is 1.26. The summed E-state index contributed by atoms with van der Waals surface area (Å²) in [6.45, 7) is 0.768. The normalized spacial score (nSPS) is 15.3. The first-order valence-corrected chi connectivity index (χ1v) is 7.03. The zero-order chi connectivity index (χ0) is 15.4. The van der Waals surface area contributed by atoms with E-state index in [0.29, 0.717) is 6.42 Å². The highest BCUT2D eigenvalue weighted by molar-refractivity contribution is 6.07. The maximum Gasteiger partial charge on any atom is 0.534 e. The molecule has 0 atom stereocenters. The van der Waals surface area contributed by atoms with Crippen molar-refractivity contribution in [2.45, 2.75) is 6.42 Å². The maximum absolute atomic E-state index is 11.1. The van der Waals surface area contributed by atoms with Crippen LogP contribution in [-0.2, 0) is 9.57 Å². The summed E-state index contributed by atoms with van der Waals surface area (Å²) in [5.74, 6) is 0. The van der Waals surface area contributed by atoms with Crippen molar-refractivity contribution in [1.82, 2.24) is 0 Å². The first-order valence-electron chi connectivity index (χ1n) is 7.03. The van der Waals surface area contributed by atoms with Crippen LogP contribution in [0.1, 0.15) is 12.0 Å². The molecule has 5 nitrogen and oxygen atoms in total. The van der Waals surface area contributed by atoms with Gasteiger partial charge in [-0.1, -0.05) is 41.6 Å². The van der Waals surface area contributed by atoms with Gasteiger partial charge in [0.05, 0.1) is 18.5 Å². The molecule has 0 unspecified atom stereocenters. The number of para-hydroxylation sites is 2. The first kappa shape index (κ1) is 14.1. The average Bonchev–Trinajstić information content (AvgIpc) is 2.60. The minimum absolute atomic E-state index is 0.683. The number of anilines is 2. The van der Waals surface area contributed by atoms with Gasteiger partial charge in [0.1, 0.15) is 0 Å². The monoisotopic (exact) mass is 296 g/mol. The van der Waals surface area contributed by atoms with Crippen LogP contribution in [0.3, 0.4) is 0 Å². The molecule has 1 heterocycles. The quantitative estimate of drug-likeness (QED) is 0.481. The largest absolute Gasteiger partial charge is 0.534 e. The van der Waals surface area contributed by atoms with E-state index in [0.717, 1.165) is 29.2 Å². The Balaban J connectivity index is 1.95. The third-order valence-electron chi connectivity index (χ3n) is 3.54. The molecule has 0 N–H and O–H groups in total. The second-order valence-electron chi connectivity index (χ2n) is 4.84. The highest BCUT2D eigenvalue weighted by Crippen LogP contribution is 2.33. The lowest BCUT2D eigenvalue weighted by Crippen LogP contribution is -2.28. The van der Waals surface area contributed by atoms with Crippen LogP contribution in [0.15, 0.2) is 59.8 Å². The fraction of sp³-hybridized carbons (Fsp3) is 0.176. The number of rotatable bonds is 2. The highest BCUT2D eigenvalue weighted by atomic mass is 16.8. The van der Waals surface area contributed by atoms with E-state index in [4.69, 9.17) is 4.84 Å². The summed E-state index contributed by atoms with van der Waals surface area (Å²) in [4.78, 5) is 18.1. The lowest BCUT2D eigenvalue weighted by Gasteiger charge is -2.31. The van der Waals surface area contributed by atoms with E-state index in [-0.39, 0.29) is 0 Å². The Morgan fingerprint density at radius 3 is 2.59 bits per heavy atom. The summed E-state index contributed by atoms with van der Waals surface area (Å²) < 4.78 is 4.44. The number of ether oxygens (including phenoxy) is 1. The molecule has 1 aliphatic rings. The number of benzene rings is 2. The zero-order valence-electron chi connectivity index (χ0n) is 12.2. The smallest absolute Gasteiger partial charge is 0.436 e. The van der Waals surface area contributed by atoms with Crippen LogP contribution < -0.4 is 4.90 Å². The predicted molar refractivity (Wildman–Crippen MR) is 84.5 cm³/mol. The number of carbonyl (C=O) groups excluding carboxylic acids is 1. The Morgan fingerprint density at radius 2 is 1.82 bits per heavy atom. The van der Waals surface area contributed by atoms with E-state index < -0.39 is 6.16 Å². The molecule has 0 aromatic heterocycles. The Morgan fingerprint density at radius 1 is 1.09 bits per heavy atom. The van der Waals surface area contributed by atoms with Crippen LogP contribution in [-0.4, -0.2) is 25.5 Å². The van der Waals surface area contributed by atoms with Gasteiger partial charge in [-0.05, 0) is 18.2 Å². The second-order valence-corrected chi connectivity index (χ2v) is 4.84. The number of hydrogen-bond donors (Lipinski definition) is 0. The number of carbonyl (C=O) groups is 1. The topological polar surface area (TPSA) is 51.1 Å². The third kappa shape index (κ3) is 2.79. The fourth-order valence-electron chi connectivity index (χ4n) is 2.53. The molecule has 0 spiro atoms. The van der Waals surface area contributed by atoms with E-state index in [1.165, 1.54) is 7.11 Å². The van der Waals surface area contributed by atoms with Crippen LogP contribution >= 0.6 is 0 Å². The Hall–Kier alpha value is -2.82. The van der Waals surface area contributed by atoms with E-state index in [1.54, 1.807) is 0 Å². The van der Waals surface area contributed by atoms with E-state index in [2.05, 4.69) is 26.9 Å². The third-order valence-corrected chi connectivity index (χ3v) is 3.54. The van der Waals surface area contributed by atoms with Crippen molar-refractivity contribution in [3.63, 3.8) is 0 Å². The summed E-state index contributed by atoms with van der Waals surface area (Å²) >= 11 is 0. The molecule has 0 bridgehead atoms. The van der Waals surface area contributed by atoms with Gasteiger partial charge in [-0.25, -0.2) is 4.79 Å². The predicted octanol–water partition coefficient (Wildman–Crippen LogP) is 3.72. The molecule has 3 rings (SSSR count). The SMILES string of the molecule is COC(=O)O/N=C1\CCN(c2ccccc2)c2ccccc21. The molecule has 2 aromatic carbocycles. The van der Waals surface area contributed by atoms with Crippen molar-refractivity contribution in [3.8, 4) is 0 Å². The lowest BCUT2D eigenvalue weighted by molar-refractivity contribution is 0.0752. The van der Waals surface area contributed by atoms with Gasteiger partial charge in [-0.3, -0.25) is 4.84 Å². The minimum atomic E-state index is -0.810. The van der Waals surface area contributed by atoms with Gasteiger partial charge in [0.15, 0.2) is 0 Å². The van der Waals surface area contributed by atoms with Crippen LogP contribution in [0.25, 0.3) is 0 Å². The van der Waals surface area contributed by atoms with Crippen molar-refractivity contribution >= 4 is 23.2 Å². The second kappa shape index (κ2) is 6.30. The molecule has 0 fully saturated rings. The molecule has 22 heavy (non-hydrogen) atoms. The van der Waals surface area contributed by atoms with Gasteiger partial charge in [0.2, 0.25) is 0 Å². The zero-order valence-corrected chi connectivity index (χ0v) is 12.2. The Kier molecular flexibility index (Phi) is 4.05. The molecular formula is C17H16N2O3. The van der Waals surface area contributed by atoms with Gasteiger partial charge >= 0.3 is 6.16 Å². The van der Waals surface area contributed by atoms with E-state index in [1.807, 2.05) is 42.5 Å². The van der Waals surface area contributed by atoms with Crippen LogP contribution in [0.5, 0.6) is 0 Å². The molecule has 0 saturated heterocycles. The molecular weight excluding hydrogens is 280 g/mol. The van der Waals surface area contributed by atoms with Crippen LogP contribution in [0.2, 0.25) is 0 Å². The van der Waals surface area contributed by atoms with Gasteiger partial charge in [-0.15, -0.1) is 0 Å². The molecule has 5 heteroatoms. The van der Waals surface area contributed by atoms with Crippen molar-refractivity contribution in [2.24, 2.45) is 5.16 Å². The first-order chi connectivity index (χ1) is 10.8. The van der Waals surface area contributed by atoms with Crippen molar-refractivity contribution in [1.29, 1.82) is 0 Å². The molecule has 0 amide bonds. The van der Waals surface area contributed by atoms with Gasteiger partial charge in [0.25, 0.3) is 0 Å². The van der Waals surface area contributed by atoms with E-state index in [9.17, 15) is 4.79 Å². The summed E-state index contributed by atoms with van der Waals surface area (Å²) in [6.07, 6.45) is -0.126. The van der Waals surface area contributed by atoms with E-state index >= 15 is 0 Å². The lowest BCUT2D eigenvalue weighted by atomic mass is 9.99. The van der Waals surface area contributed by atoms with Crippen molar-refractivity contribution in [2.75, 3.05) is 18.6 Å². The molecule has 0 saturated carbocycles. The fourth-order valence-corrected chi connectivity index (χ4v) is 2.53. The Bertz CT molecular complexity index is 698. The van der Waals surface area contributed by atoms with Crippen LogP contribution in [0, 0.1) is 0 Å². The minimum Gasteiger partial charge on any atom is -0.436 e. The average molecular weight is 296 g/mol. The van der Waals surface area contributed by atoms with Gasteiger partial charge in [0, 0.05) is 24.2 Å². The van der Waals surface area contributed by atoms with Crippen LogP contribution in [0.4, 0.5) is 16.2 Å². The standard InChI is InChI=1S/C17H16N2O3/c1-21-17(20)22-18-15-11-12-19(13-7-3-2-4-8-13)16-10-6-5-9-14(15)16/h2-10H,11-12H2,1H3/b18-15+. The Labute approximate surface area is 128 Å². The highest BCUT2D eigenvalue weighted by Gasteiger charge is 2.23. The van der Waals surface area contributed by atoms with Crippen molar-refractivity contribution < 1.29 is 14.4 Å². The number of oxime groups is 1. The number of methoxy groups -OCH3 is 1.